The molecule has 2 aromatic heterocycles. The zero-order chi connectivity index (χ0) is 16.6. The van der Waals surface area contributed by atoms with Gasteiger partial charge in [-0.2, -0.15) is 5.10 Å². The van der Waals surface area contributed by atoms with Gasteiger partial charge in [-0.25, -0.2) is 4.98 Å². The van der Waals surface area contributed by atoms with Gasteiger partial charge in [0.05, 0.1) is 30.1 Å². The minimum absolute atomic E-state index is 0.686. The van der Waals surface area contributed by atoms with Crippen LogP contribution in [0.5, 0.6) is 0 Å². The molecule has 1 N–H and O–H groups in total. The van der Waals surface area contributed by atoms with Crippen LogP contribution in [0.1, 0.15) is 29.9 Å². The highest BCUT2D eigenvalue weighted by Gasteiger charge is 2.26. The molecule has 0 spiro atoms. The quantitative estimate of drug-likeness (QED) is 0.795. The van der Waals surface area contributed by atoms with Gasteiger partial charge in [-0.3, -0.25) is 10.00 Å². The van der Waals surface area contributed by atoms with Crippen LogP contribution in [0.25, 0.3) is 22.3 Å². The Balaban J connectivity index is 1.54. The van der Waals surface area contributed by atoms with E-state index in [0.29, 0.717) is 5.92 Å². The first-order valence-electron chi connectivity index (χ1n) is 9.10. The molecule has 0 amide bonds. The maximum atomic E-state index is 5.46. The number of aromatic amines is 1. The van der Waals surface area contributed by atoms with E-state index in [1.54, 1.807) is 6.20 Å². The lowest BCUT2D eigenvalue weighted by molar-refractivity contribution is 0.0342. The fraction of sp³-hybridized carbons (Fsp3) is 0.400. The Morgan fingerprint density at radius 1 is 1.12 bits per heavy atom. The van der Waals surface area contributed by atoms with Crippen LogP contribution >= 0.6 is 0 Å². The number of fused-ring (bicyclic) bond motifs is 1. The third-order valence-corrected chi connectivity index (χ3v) is 5.21. The summed E-state index contributed by atoms with van der Waals surface area (Å²) in [5, 5.41) is 8.42. The van der Waals surface area contributed by atoms with Gasteiger partial charge in [0.1, 0.15) is 0 Å². The number of hydrogen-bond acceptors (Lipinski definition) is 4. The first kappa shape index (κ1) is 15.0. The maximum Gasteiger partial charge on any atom is 0.0890 e. The number of aromatic nitrogens is 3. The van der Waals surface area contributed by atoms with Gasteiger partial charge in [-0.1, -0.05) is 6.07 Å². The van der Waals surface area contributed by atoms with Crippen LogP contribution < -0.4 is 0 Å². The number of rotatable bonds is 4. The fourth-order valence-corrected chi connectivity index (χ4v) is 3.68. The molecule has 1 saturated carbocycles. The lowest BCUT2D eigenvalue weighted by Gasteiger charge is -2.26. The number of nitrogens with one attached hydrogen (secondary N) is 1. The SMILES string of the molecule is c1cc(-c2cc(C3CC3)c3cc(CN4CCOCC4)ccc3n2)[nH]n1. The molecule has 1 aromatic carbocycles. The Kier molecular flexibility index (Phi) is 3.76. The molecule has 0 unspecified atom stereocenters. The van der Waals surface area contributed by atoms with Gasteiger partial charge >= 0.3 is 0 Å². The van der Waals surface area contributed by atoms with Crippen LogP contribution in [0.3, 0.4) is 0 Å². The van der Waals surface area contributed by atoms with Gasteiger partial charge in [0.25, 0.3) is 0 Å². The summed E-state index contributed by atoms with van der Waals surface area (Å²) in [6.07, 6.45) is 4.36. The molecule has 1 saturated heterocycles. The monoisotopic (exact) mass is 334 g/mol. The lowest BCUT2D eigenvalue weighted by Crippen LogP contribution is -2.35. The molecule has 2 fully saturated rings. The molecule has 3 heterocycles. The van der Waals surface area contributed by atoms with E-state index in [4.69, 9.17) is 9.72 Å². The summed E-state index contributed by atoms with van der Waals surface area (Å²) < 4.78 is 5.46. The van der Waals surface area contributed by atoms with E-state index in [-0.39, 0.29) is 0 Å². The highest BCUT2D eigenvalue weighted by Crippen LogP contribution is 2.44. The Morgan fingerprint density at radius 2 is 2.00 bits per heavy atom. The summed E-state index contributed by atoms with van der Waals surface area (Å²) in [5.74, 6) is 0.686. The van der Waals surface area contributed by atoms with Crippen molar-refractivity contribution >= 4 is 10.9 Å². The highest BCUT2D eigenvalue weighted by atomic mass is 16.5. The van der Waals surface area contributed by atoms with Crippen molar-refractivity contribution in [2.45, 2.75) is 25.3 Å². The van der Waals surface area contributed by atoms with Crippen LogP contribution in [-0.2, 0) is 11.3 Å². The normalized spacial score (nSPS) is 18.7. The van der Waals surface area contributed by atoms with Crippen LogP contribution in [0.15, 0.2) is 36.5 Å². The number of pyridine rings is 1. The highest BCUT2D eigenvalue weighted by molar-refractivity contribution is 5.86. The van der Waals surface area contributed by atoms with Gasteiger partial charge < -0.3 is 4.74 Å². The average molecular weight is 334 g/mol. The first-order valence-corrected chi connectivity index (χ1v) is 9.10. The Bertz CT molecular complexity index is 880. The molecule has 1 aliphatic carbocycles. The van der Waals surface area contributed by atoms with Crippen LogP contribution in [0.4, 0.5) is 0 Å². The van der Waals surface area contributed by atoms with Gasteiger partial charge in [0.2, 0.25) is 0 Å². The number of H-pyrrole nitrogens is 1. The third kappa shape index (κ3) is 3.05. The van der Waals surface area contributed by atoms with E-state index >= 15 is 0 Å². The number of nitrogens with zero attached hydrogens (tertiary/aromatic N) is 3. The topological polar surface area (TPSA) is 54.0 Å². The molecule has 1 aliphatic heterocycles. The largest absolute Gasteiger partial charge is 0.379 e. The summed E-state index contributed by atoms with van der Waals surface area (Å²) in [6, 6.07) is 11.0. The van der Waals surface area contributed by atoms with Crippen LogP contribution in [0, 0.1) is 0 Å². The maximum absolute atomic E-state index is 5.46. The Hall–Kier alpha value is -2.24. The predicted molar refractivity (Wildman–Crippen MR) is 97.4 cm³/mol. The summed E-state index contributed by atoms with van der Waals surface area (Å²) in [4.78, 5) is 7.34. The molecule has 3 aromatic rings. The summed E-state index contributed by atoms with van der Waals surface area (Å²) in [5.41, 5.74) is 5.87. The molecular formula is C20H22N4O. The zero-order valence-corrected chi connectivity index (χ0v) is 14.2. The molecule has 5 heteroatoms. The van der Waals surface area contributed by atoms with Crippen molar-refractivity contribution in [3.8, 4) is 11.4 Å². The molecule has 0 bridgehead atoms. The van der Waals surface area contributed by atoms with E-state index in [9.17, 15) is 0 Å². The fourth-order valence-electron chi connectivity index (χ4n) is 3.68. The van der Waals surface area contributed by atoms with Gasteiger partial charge in [0.15, 0.2) is 0 Å². The van der Waals surface area contributed by atoms with Crippen molar-refractivity contribution in [3.05, 3.63) is 47.7 Å². The second-order valence-electron chi connectivity index (χ2n) is 7.08. The third-order valence-electron chi connectivity index (χ3n) is 5.21. The summed E-state index contributed by atoms with van der Waals surface area (Å²) in [6.45, 7) is 4.72. The first-order chi connectivity index (χ1) is 12.4. The van der Waals surface area contributed by atoms with E-state index in [0.717, 1.165) is 49.8 Å². The molecule has 0 radical (unpaired) electrons. The Labute approximate surface area is 147 Å². The van der Waals surface area contributed by atoms with Crippen molar-refractivity contribution in [2.24, 2.45) is 0 Å². The molecule has 128 valence electrons. The van der Waals surface area contributed by atoms with Crippen LogP contribution in [0.2, 0.25) is 0 Å². The molecule has 5 nitrogen and oxygen atoms in total. The second-order valence-corrected chi connectivity index (χ2v) is 7.08. The minimum Gasteiger partial charge on any atom is -0.379 e. The molecule has 0 atom stereocenters. The van der Waals surface area contributed by atoms with E-state index < -0.39 is 0 Å². The second kappa shape index (κ2) is 6.24. The molecule has 25 heavy (non-hydrogen) atoms. The number of hydrogen-bond donors (Lipinski definition) is 1. The van der Waals surface area contributed by atoms with Crippen molar-refractivity contribution in [1.29, 1.82) is 0 Å². The van der Waals surface area contributed by atoms with Crippen molar-refractivity contribution in [1.82, 2.24) is 20.1 Å². The molecule has 5 rings (SSSR count). The van der Waals surface area contributed by atoms with Crippen molar-refractivity contribution in [3.63, 3.8) is 0 Å². The van der Waals surface area contributed by atoms with E-state index in [2.05, 4.69) is 39.4 Å². The summed E-state index contributed by atoms with van der Waals surface area (Å²) in [7, 11) is 0. The van der Waals surface area contributed by atoms with Gasteiger partial charge in [-0.05, 0) is 54.2 Å². The molecular weight excluding hydrogens is 312 g/mol. The number of ether oxygens (including phenoxy) is 1. The van der Waals surface area contributed by atoms with Gasteiger partial charge in [-0.15, -0.1) is 0 Å². The van der Waals surface area contributed by atoms with Gasteiger partial charge in [0, 0.05) is 31.2 Å². The molecule has 2 aliphatic rings. The van der Waals surface area contributed by atoms with Crippen molar-refractivity contribution < 1.29 is 4.74 Å². The zero-order valence-electron chi connectivity index (χ0n) is 14.2. The van der Waals surface area contributed by atoms with E-state index in [1.807, 2.05) is 6.07 Å². The standard InChI is InChI=1S/C20H22N4O/c1-4-18-17(11-14(1)13-24-7-9-25-10-8-24)16(15-2-3-15)12-20(22-18)19-5-6-21-23-19/h1,4-6,11-12,15H,2-3,7-10,13H2,(H,21,23). The number of morpholine rings is 1. The minimum atomic E-state index is 0.686. The van der Waals surface area contributed by atoms with Crippen LogP contribution in [-0.4, -0.2) is 46.4 Å². The smallest absolute Gasteiger partial charge is 0.0890 e. The number of benzene rings is 1. The summed E-state index contributed by atoms with van der Waals surface area (Å²) >= 11 is 0. The lowest BCUT2D eigenvalue weighted by atomic mass is 10.0. The predicted octanol–water partition coefficient (Wildman–Crippen LogP) is 3.33. The Morgan fingerprint density at radius 3 is 2.76 bits per heavy atom. The average Bonchev–Trinajstić information content (AvgIpc) is 3.35. The van der Waals surface area contributed by atoms with E-state index in [1.165, 1.54) is 29.4 Å². The van der Waals surface area contributed by atoms with Crippen molar-refractivity contribution in [2.75, 3.05) is 26.3 Å².